The molecule has 4 atom stereocenters. The predicted octanol–water partition coefficient (Wildman–Crippen LogP) is -3.51. The van der Waals surface area contributed by atoms with Crippen LogP contribution in [0.3, 0.4) is 0 Å². The molecule has 41 heavy (non-hydrogen) atoms. The van der Waals surface area contributed by atoms with Gasteiger partial charge in [0.2, 0.25) is 0 Å². The molecule has 0 rings (SSSR count). The molecule has 0 bridgehead atoms. The van der Waals surface area contributed by atoms with Gasteiger partial charge < -0.3 is 61.9 Å². The molecule has 21 nitrogen and oxygen atoms in total. The summed E-state index contributed by atoms with van der Waals surface area (Å²) in [6.45, 7) is 7.04. The number of aliphatic hydroxyl groups excluding tert-OH is 4. The van der Waals surface area contributed by atoms with Crippen molar-refractivity contribution in [3.63, 3.8) is 0 Å². The molecule has 0 aromatic carbocycles. The molecule has 0 aliphatic carbocycles. The Morgan fingerprint density at radius 1 is 0.537 bits per heavy atom. The molecule has 0 fully saturated rings. The SMILES string of the molecule is CC(=O)O.CC(=O)O.CC(=O)O.CC(=O)O.CC(=O)O.CC(=O)O.CC(=O)O.NNC[C@H](N)[C@@H](O)[C@@H](O)[C@H](O)CO. The minimum atomic E-state index is -1.48. The van der Waals surface area contributed by atoms with Crippen LogP contribution in [0.5, 0.6) is 0 Å². The first-order valence-corrected chi connectivity index (χ1v) is 10.4. The smallest absolute Gasteiger partial charge is 0.300 e. The maximum absolute atomic E-state index is 9.28. The Labute approximate surface area is 235 Å². The first kappa shape index (κ1) is 57.0. The summed E-state index contributed by atoms with van der Waals surface area (Å²) in [6.07, 6.45) is -4.22. The molecule has 0 saturated heterocycles. The molecule has 0 radical (unpaired) electrons. The summed E-state index contributed by atoms with van der Waals surface area (Å²) < 4.78 is 0. The second-order valence-electron chi connectivity index (χ2n) is 6.44. The van der Waals surface area contributed by atoms with Gasteiger partial charge in [0.05, 0.1) is 12.7 Å². The molecule has 0 heterocycles. The zero-order valence-electron chi connectivity index (χ0n) is 23.7. The van der Waals surface area contributed by atoms with Crippen molar-refractivity contribution in [1.82, 2.24) is 5.43 Å². The van der Waals surface area contributed by atoms with Gasteiger partial charge in [0.15, 0.2) is 0 Å². The molecule has 0 amide bonds. The summed E-state index contributed by atoms with van der Waals surface area (Å²) in [5, 5.41) is 87.8. The van der Waals surface area contributed by atoms with Crippen molar-refractivity contribution in [2.75, 3.05) is 13.2 Å². The van der Waals surface area contributed by atoms with E-state index in [1.54, 1.807) is 0 Å². The van der Waals surface area contributed by atoms with Gasteiger partial charge in [0.1, 0.15) is 12.2 Å². The van der Waals surface area contributed by atoms with Crippen LogP contribution in [0.4, 0.5) is 0 Å². The molecular formula is C20H45N3O18. The summed E-state index contributed by atoms with van der Waals surface area (Å²) in [4.78, 5) is 63.0. The van der Waals surface area contributed by atoms with Crippen molar-refractivity contribution in [3.8, 4) is 0 Å². The van der Waals surface area contributed by atoms with E-state index in [1.165, 1.54) is 0 Å². The van der Waals surface area contributed by atoms with Gasteiger partial charge >= 0.3 is 0 Å². The van der Waals surface area contributed by atoms with E-state index in [2.05, 4.69) is 5.43 Å². The number of aliphatic hydroxyl groups is 4. The Morgan fingerprint density at radius 2 is 0.707 bits per heavy atom. The van der Waals surface area contributed by atoms with E-state index in [1.807, 2.05) is 0 Å². The number of aliphatic carboxylic acids is 7. The maximum Gasteiger partial charge on any atom is 0.300 e. The van der Waals surface area contributed by atoms with Gasteiger partial charge in [-0.2, -0.15) is 0 Å². The molecule has 0 unspecified atom stereocenters. The molecule has 16 N–H and O–H groups in total. The van der Waals surface area contributed by atoms with Crippen molar-refractivity contribution < 1.29 is 89.7 Å². The standard InChI is InChI=1S/C6H17N3O4.7C2H4O2/c7-3(1-9-8)5(12)6(13)4(11)2-10;7*1-2(3)4/h3-6,9-13H,1-2,7-8H2;7*1H3,(H,3,4)/t3-,4+,5+,6-;;;;;;;/m0......./s1. The minimum Gasteiger partial charge on any atom is -0.481 e. The van der Waals surface area contributed by atoms with E-state index in [-0.39, 0.29) is 6.54 Å². The van der Waals surface area contributed by atoms with Crippen LogP contribution in [-0.2, 0) is 33.6 Å². The van der Waals surface area contributed by atoms with E-state index < -0.39 is 72.7 Å². The third-order valence-corrected chi connectivity index (χ3v) is 1.72. The number of carboxylic acid groups (broad SMARTS) is 7. The van der Waals surface area contributed by atoms with Gasteiger partial charge in [0, 0.05) is 61.1 Å². The van der Waals surface area contributed by atoms with Crippen LogP contribution >= 0.6 is 0 Å². The molecule has 248 valence electrons. The molecule has 21 heteroatoms. The van der Waals surface area contributed by atoms with Crippen molar-refractivity contribution >= 4 is 41.8 Å². The lowest BCUT2D eigenvalue weighted by Crippen LogP contribution is -2.53. The Morgan fingerprint density at radius 3 is 0.829 bits per heavy atom. The molecule has 0 aromatic heterocycles. The van der Waals surface area contributed by atoms with E-state index in [4.69, 9.17) is 91.1 Å². The summed E-state index contributed by atoms with van der Waals surface area (Å²) in [6, 6.07) is -0.804. The highest BCUT2D eigenvalue weighted by molar-refractivity contribution is 5.64. The lowest BCUT2D eigenvalue weighted by Gasteiger charge is -2.25. The van der Waals surface area contributed by atoms with Gasteiger partial charge in [-0.25, -0.2) is 0 Å². The van der Waals surface area contributed by atoms with Gasteiger partial charge in [-0.1, -0.05) is 0 Å². The lowest BCUT2D eigenvalue weighted by atomic mass is 10.0. The Hall–Kier alpha value is -3.99. The first-order valence-electron chi connectivity index (χ1n) is 10.4. The fourth-order valence-corrected chi connectivity index (χ4v) is 0.846. The van der Waals surface area contributed by atoms with Crippen molar-refractivity contribution in [1.29, 1.82) is 0 Å². The van der Waals surface area contributed by atoms with Crippen molar-refractivity contribution in [2.24, 2.45) is 11.6 Å². The van der Waals surface area contributed by atoms with Crippen LogP contribution in [0.25, 0.3) is 0 Å². The quantitative estimate of drug-likeness (QED) is 0.102. The minimum absolute atomic E-state index is 0.0936. The highest BCUT2D eigenvalue weighted by Crippen LogP contribution is 2.02. The van der Waals surface area contributed by atoms with Crippen LogP contribution in [0.15, 0.2) is 0 Å². The largest absolute Gasteiger partial charge is 0.481 e. The van der Waals surface area contributed by atoms with E-state index in [9.17, 15) is 10.2 Å². The number of nitrogens with one attached hydrogen (secondary N) is 1. The number of hydrogen-bond donors (Lipinski definition) is 14. The Balaban J connectivity index is -0.0000000548. The van der Waals surface area contributed by atoms with E-state index in [0.717, 1.165) is 48.5 Å². The van der Waals surface area contributed by atoms with Gasteiger partial charge in [-0.15, -0.1) is 0 Å². The number of carbonyl (C=O) groups is 7. The highest BCUT2D eigenvalue weighted by atomic mass is 16.4. The zero-order chi connectivity index (χ0) is 35.5. The van der Waals surface area contributed by atoms with Crippen LogP contribution in [0.2, 0.25) is 0 Å². The number of nitrogens with two attached hydrogens (primary N) is 2. The fourth-order valence-electron chi connectivity index (χ4n) is 0.846. The number of rotatable bonds is 6. The summed E-state index contributed by atoms with van der Waals surface area (Å²) in [7, 11) is 0. The van der Waals surface area contributed by atoms with Crippen LogP contribution in [-0.4, -0.2) is 135 Å². The summed E-state index contributed by atoms with van der Waals surface area (Å²) in [5.41, 5.74) is 7.60. The van der Waals surface area contributed by atoms with Crippen LogP contribution < -0.4 is 17.0 Å². The average molecular weight is 616 g/mol. The topological polar surface area (TPSA) is 406 Å². The molecule has 0 spiro atoms. The molecule has 0 aromatic rings. The Kier molecular flexibility index (Phi) is 59.9. The van der Waals surface area contributed by atoms with E-state index in [0.29, 0.717) is 0 Å². The highest BCUT2D eigenvalue weighted by Gasteiger charge is 2.28. The van der Waals surface area contributed by atoms with E-state index >= 15 is 0 Å². The molecular weight excluding hydrogens is 570 g/mol. The Bertz CT molecular complexity index is 544. The van der Waals surface area contributed by atoms with Crippen LogP contribution in [0.1, 0.15) is 48.5 Å². The third kappa shape index (κ3) is 246. The van der Waals surface area contributed by atoms with Gasteiger partial charge in [-0.05, 0) is 0 Å². The van der Waals surface area contributed by atoms with Crippen molar-refractivity contribution in [3.05, 3.63) is 0 Å². The summed E-state index contributed by atoms with van der Waals surface area (Å²) >= 11 is 0. The fraction of sp³-hybridized carbons (Fsp3) is 0.650. The third-order valence-electron chi connectivity index (χ3n) is 1.72. The monoisotopic (exact) mass is 615 g/mol. The first-order chi connectivity index (χ1) is 18.2. The molecule has 0 aliphatic rings. The predicted molar refractivity (Wildman–Crippen MR) is 138 cm³/mol. The number of hydrogen-bond acceptors (Lipinski definition) is 14. The van der Waals surface area contributed by atoms with Crippen molar-refractivity contribution in [2.45, 2.75) is 72.8 Å². The average Bonchev–Trinajstić information content (AvgIpc) is 2.69. The van der Waals surface area contributed by atoms with Gasteiger partial charge in [-0.3, -0.25) is 44.8 Å². The second kappa shape index (κ2) is 43.1. The normalized spacial score (nSPS) is 10.9. The lowest BCUT2D eigenvalue weighted by molar-refractivity contribution is -0.135. The number of carboxylic acids is 7. The van der Waals surface area contributed by atoms with Crippen LogP contribution in [0, 0.1) is 0 Å². The second-order valence-corrected chi connectivity index (χ2v) is 6.44. The number of hydrazine groups is 1. The zero-order valence-corrected chi connectivity index (χ0v) is 23.7. The summed E-state index contributed by atoms with van der Waals surface area (Å²) in [5.74, 6) is -0.892. The van der Waals surface area contributed by atoms with Gasteiger partial charge in [0.25, 0.3) is 41.8 Å². The molecule has 0 aliphatic heterocycles. The maximum atomic E-state index is 9.28. The molecule has 0 saturated carbocycles.